The molecule has 18 heavy (non-hydrogen) atoms. The third-order valence-electron chi connectivity index (χ3n) is 3.29. The van der Waals surface area contributed by atoms with E-state index in [0.29, 0.717) is 13.0 Å². The summed E-state index contributed by atoms with van der Waals surface area (Å²) in [6, 6.07) is -0.390. The predicted molar refractivity (Wildman–Crippen MR) is 70.6 cm³/mol. The maximum atomic E-state index is 12.2. The highest BCUT2D eigenvalue weighted by atomic mass is 16.5. The second-order valence-electron chi connectivity index (χ2n) is 6.32. The van der Waals surface area contributed by atoms with E-state index in [4.69, 9.17) is 4.74 Å². The Morgan fingerprint density at radius 1 is 1.50 bits per heavy atom. The molecule has 106 valence electrons. The number of carbonyl (C=O) groups is 1. The van der Waals surface area contributed by atoms with Crippen molar-refractivity contribution in [3.05, 3.63) is 0 Å². The van der Waals surface area contributed by atoms with Crippen LogP contribution >= 0.6 is 0 Å². The van der Waals surface area contributed by atoms with Gasteiger partial charge in [0.2, 0.25) is 0 Å². The third kappa shape index (κ3) is 4.34. The Morgan fingerprint density at radius 3 is 2.61 bits per heavy atom. The minimum absolute atomic E-state index is 0.0167. The molecular weight excluding hydrogens is 230 g/mol. The maximum Gasteiger partial charge on any atom is 0.155 e. The van der Waals surface area contributed by atoms with Gasteiger partial charge in [0.15, 0.2) is 5.78 Å². The standard InChI is InChI=1S/C14H27NO3/c1-6-7-10(2)13(16)12-8-11(9-15(12)17)18-14(3,4)5/h10-12,17H,6-9H2,1-5H3/t10-,11+,12-/m0/s1. The van der Waals surface area contributed by atoms with Gasteiger partial charge in [0, 0.05) is 5.92 Å². The quantitative estimate of drug-likeness (QED) is 0.822. The number of hydrogen-bond donors (Lipinski definition) is 1. The zero-order valence-electron chi connectivity index (χ0n) is 12.3. The van der Waals surface area contributed by atoms with Gasteiger partial charge >= 0.3 is 0 Å². The van der Waals surface area contributed by atoms with Crippen molar-refractivity contribution in [1.29, 1.82) is 0 Å². The summed E-state index contributed by atoms with van der Waals surface area (Å²) in [7, 11) is 0. The van der Waals surface area contributed by atoms with Crippen LogP contribution in [0.1, 0.15) is 53.9 Å². The Bertz CT molecular complexity index is 285. The second kappa shape index (κ2) is 6.13. The van der Waals surface area contributed by atoms with Crippen molar-refractivity contribution in [2.75, 3.05) is 6.54 Å². The van der Waals surface area contributed by atoms with Gasteiger partial charge in [-0.25, -0.2) is 0 Å². The van der Waals surface area contributed by atoms with Crippen molar-refractivity contribution < 1.29 is 14.7 Å². The first-order chi connectivity index (χ1) is 8.24. The van der Waals surface area contributed by atoms with Crippen molar-refractivity contribution in [1.82, 2.24) is 5.06 Å². The third-order valence-corrected chi connectivity index (χ3v) is 3.29. The molecule has 0 bridgehead atoms. The summed E-state index contributed by atoms with van der Waals surface area (Å²) in [6.07, 6.45) is 2.42. The van der Waals surface area contributed by atoms with Crippen LogP contribution in [-0.2, 0) is 9.53 Å². The number of carbonyl (C=O) groups excluding carboxylic acids is 1. The Kier molecular flexibility index (Phi) is 5.32. The fraction of sp³-hybridized carbons (Fsp3) is 0.929. The Morgan fingerprint density at radius 2 is 2.11 bits per heavy atom. The maximum absolute atomic E-state index is 12.2. The lowest BCUT2D eigenvalue weighted by molar-refractivity contribution is -0.148. The molecule has 1 N–H and O–H groups in total. The van der Waals surface area contributed by atoms with E-state index >= 15 is 0 Å². The molecule has 1 saturated heterocycles. The van der Waals surface area contributed by atoms with Crippen LogP contribution in [0.4, 0.5) is 0 Å². The SMILES string of the molecule is CCC[C@H](C)C(=O)[C@@H]1C[C@@H](OC(C)(C)C)CN1O. The first kappa shape index (κ1) is 15.6. The molecule has 0 saturated carbocycles. The highest BCUT2D eigenvalue weighted by Crippen LogP contribution is 2.26. The predicted octanol–water partition coefficient (Wildman–Crippen LogP) is 2.64. The minimum atomic E-state index is -0.390. The van der Waals surface area contributed by atoms with Gasteiger partial charge in [-0.3, -0.25) is 4.79 Å². The van der Waals surface area contributed by atoms with Gasteiger partial charge in [-0.2, -0.15) is 5.06 Å². The van der Waals surface area contributed by atoms with E-state index in [-0.39, 0.29) is 29.4 Å². The van der Waals surface area contributed by atoms with Crippen molar-refractivity contribution >= 4 is 5.78 Å². The zero-order chi connectivity index (χ0) is 13.9. The minimum Gasteiger partial charge on any atom is -0.371 e. The summed E-state index contributed by atoms with van der Waals surface area (Å²) >= 11 is 0. The van der Waals surface area contributed by atoms with Crippen molar-refractivity contribution in [2.24, 2.45) is 5.92 Å². The van der Waals surface area contributed by atoms with Crippen LogP contribution in [-0.4, -0.2) is 40.3 Å². The normalized spacial score (nSPS) is 27.4. The van der Waals surface area contributed by atoms with E-state index in [1.165, 1.54) is 0 Å². The molecule has 4 nitrogen and oxygen atoms in total. The first-order valence-corrected chi connectivity index (χ1v) is 6.91. The molecule has 0 radical (unpaired) electrons. The Hall–Kier alpha value is -0.450. The number of ether oxygens (including phenoxy) is 1. The molecule has 0 aromatic rings. The fourth-order valence-electron chi connectivity index (χ4n) is 2.53. The van der Waals surface area contributed by atoms with E-state index in [1.54, 1.807) is 0 Å². The highest BCUT2D eigenvalue weighted by Gasteiger charge is 2.39. The summed E-state index contributed by atoms with van der Waals surface area (Å²) < 4.78 is 5.84. The molecule has 1 heterocycles. The topological polar surface area (TPSA) is 49.8 Å². The number of hydrogen-bond acceptors (Lipinski definition) is 4. The van der Waals surface area contributed by atoms with Gasteiger partial charge in [0.05, 0.1) is 24.3 Å². The van der Waals surface area contributed by atoms with E-state index in [2.05, 4.69) is 6.92 Å². The van der Waals surface area contributed by atoms with Crippen molar-refractivity contribution in [3.8, 4) is 0 Å². The monoisotopic (exact) mass is 257 g/mol. The van der Waals surface area contributed by atoms with Gasteiger partial charge in [-0.05, 0) is 33.6 Å². The molecule has 1 aliphatic heterocycles. The molecule has 3 atom stereocenters. The number of ketones is 1. The van der Waals surface area contributed by atoms with E-state index < -0.39 is 0 Å². The van der Waals surface area contributed by atoms with Gasteiger partial charge < -0.3 is 9.94 Å². The molecule has 0 amide bonds. The summed E-state index contributed by atoms with van der Waals surface area (Å²) in [5.74, 6) is 0.155. The number of nitrogens with zero attached hydrogens (tertiary/aromatic N) is 1. The summed E-state index contributed by atoms with van der Waals surface area (Å²) in [5, 5.41) is 11.0. The van der Waals surface area contributed by atoms with Gasteiger partial charge in [-0.1, -0.05) is 20.3 Å². The molecule has 0 unspecified atom stereocenters. The van der Waals surface area contributed by atoms with E-state index in [9.17, 15) is 10.0 Å². The number of rotatable bonds is 5. The zero-order valence-corrected chi connectivity index (χ0v) is 12.3. The molecule has 0 aromatic heterocycles. The van der Waals surface area contributed by atoms with Crippen LogP contribution in [0, 0.1) is 5.92 Å². The molecule has 1 fully saturated rings. The summed E-state index contributed by atoms with van der Waals surface area (Å²) in [6.45, 7) is 10.4. The van der Waals surface area contributed by atoms with Gasteiger partial charge in [0.1, 0.15) is 0 Å². The van der Waals surface area contributed by atoms with Crippen LogP contribution in [0.2, 0.25) is 0 Å². The average Bonchev–Trinajstić information content (AvgIpc) is 2.55. The van der Waals surface area contributed by atoms with Gasteiger partial charge in [-0.15, -0.1) is 0 Å². The largest absolute Gasteiger partial charge is 0.371 e. The van der Waals surface area contributed by atoms with E-state index in [0.717, 1.165) is 17.9 Å². The molecule has 0 aromatic carbocycles. The highest BCUT2D eigenvalue weighted by molar-refractivity contribution is 5.86. The number of Topliss-reactive ketones (excluding diaryl/α,β-unsaturated/α-hetero) is 1. The van der Waals surface area contributed by atoms with Gasteiger partial charge in [0.25, 0.3) is 0 Å². The van der Waals surface area contributed by atoms with Crippen LogP contribution in [0.15, 0.2) is 0 Å². The average molecular weight is 257 g/mol. The summed E-state index contributed by atoms with van der Waals surface area (Å²) in [4.78, 5) is 12.2. The molecular formula is C14H27NO3. The molecule has 0 spiro atoms. The molecule has 1 aliphatic rings. The Balaban J connectivity index is 2.56. The van der Waals surface area contributed by atoms with Crippen LogP contribution < -0.4 is 0 Å². The lowest BCUT2D eigenvalue weighted by Crippen LogP contribution is -2.36. The second-order valence-corrected chi connectivity index (χ2v) is 6.32. The lowest BCUT2D eigenvalue weighted by Gasteiger charge is -2.24. The molecule has 0 aliphatic carbocycles. The summed E-state index contributed by atoms with van der Waals surface area (Å²) in [5.41, 5.74) is -0.238. The van der Waals surface area contributed by atoms with Crippen molar-refractivity contribution in [3.63, 3.8) is 0 Å². The Labute approximate surface area is 110 Å². The lowest BCUT2D eigenvalue weighted by atomic mass is 9.94. The fourth-order valence-corrected chi connectivity index (χ4v) is 2.53. The van der Waals surface area contributed by atoms with Crippen LogP contribution in [0.3, 0.4) is 0 Å². The van der Waals surface area contributed by atoms with Crippen LogP contribution in [0.25, 0.3) is 0 Å². The molecule has 1 rings (SSSR count). The first-order valence-electron chi connectivity index (χ1n) is 6.91. The number of hydroxylamine groups is 2. The molecule has 4 heteroatoms. The van der Waals surface area contributed by atoms with Crippen LogP contribution in [0.5, 0.6) is 0 Å². The van der Waals surface area contributed by atoms with E-state index in [1.807, 2.05) is 27.7 Å². The smallest absolute Gasteiger partial charge is 0.155 e. The van der Waals surface area contributed by atoms with Crippen molar-refractivity contribution in [2.45, 2.75) is 71.6 Å².